The van der Waals surface area contributed by atoms with Gasteiger partial charge in [-0.2, -0.15) is 5.10 Å². The van der Waals surface area contributed by atoms with E-state index in [1.54, 1.807) is 23.1 Å². The Labute approximate surface area is 147 Å². The van der Waals surface area contributed by atoms with Gasteiger partial charge in [-0.1, -0.05) is 0 Å². The third kappa shape index (κ3) is 2.81. The molecule has 4 rings (SSSR count). The number of halogens is 1. The minimum absolute atomic E-state index is 0.0222. The van der Waals surface area contributed by atoms with Gasteiger partial charge in [-0.25, -0.2) is 4.68 Å². The van der Waals surface area contributed by atoms with E-state index in [9.17, 15) is 9.59 Å². The topological polar surface area (TPSA) is 68.3 Å². The normalized spacial score (nSPS) is 19.7. The van der Waals surface area contributed by atoms with Gasteiger partial charge in [0.25, 0.3) is 11.5 Å². The predicted octanol–water partition coefficient (Wildman–Crippen LogP) is 2.39. The molecule has 1 atom stereocenters. The first kappa shape index (κ1) is 15.6. The first-order valence-corrected chi connectivity index (χ1v) is 9.07. The van der Waals surface area contributed by atoms with Crippen LogP contribution in [0.4, 0.5) is 0 Å². The number of carbonyl (C=O) groups is 1. The van der Waals surface area contributed by atoms with Gasteiger partial charge in [-0.15, -0.1) is 0 Å². The van der Waals surface area contributed by atoms with E-state index < -0.39 is 0 Å². The van der Waals surface area contributed by atoms with Gasteiger partial charge in [-0.3, -0.25) is 9.59 Å². The van der Waals surface area contributed by atoms with Gasteiger partial charge in [-0.05, 0) is 65.7 Å². The predicted molar refractivity (Wildman–Crippen MR) is 91.0 cm³/mol. The minimum atomic E-state index is -0.127. The SMILES string of the molecule is O=C(c1ccc(Br)o1)N1CCCC1Cn1nc2c(cc1=O)CCC2. The molecule has 0 bridgehead atoms. The highest BCUT2D eigenvalue weighted by atomic mass is 79.9. The number of nitrogens with zero attached hydrogens (tertiary/aromatic N) is 3. The second-order valence-corrected chi connectivity index (χ2v) is 7.17. The van der Waals surface area contributed by atoms with E-state index in [-0.39, 0.29) is 17.5 Å². The largest absolute Gasteiger partial charge is 0.444 e. The van der Waals surface area contributed by atoms with Crippen molar-refractivity contribution in [3.63, 3.8) is 0 Å². The molecule has 0 saturated carbocycles. The van der Waals surface area contributed by atoms with Crippen LogP contribution in [0.3, 0.4) is 0 Å². The number of fused-ring (bicyclic) bond motifs is 1. The van der Waals surface area contributed by atoms with Crippen molar-refractivity contribution < 1.29 is 9.21 Å². The summed E-state index contributed by atoms with van der Waals surface area (Å²) in [5.41, 5.74) is 2.03. The van der Waals surface area contributed by atoms with Crippen LogP contribution in [0.1, 0.15) is 41.1 Å². The van der Waals surface area contributed by atoms with Crippen LogP contribution < -0.4 is 5.56 Å². The summed E-state index contributed by atoms with van der Waals surface area (Å²) in [6.45, 7) is 1.13. The standard InChI is InChI=1S/C17H18BrN3O3/c18-15-7-6-14(24-15)17(23)20-8-2-4-12(20)10-21-16(22)9-11-3-1-5-13(11)19-21/h6-7,9,12H,1-5,8,10H2. The molecule has 2 aromatic heterocycles. The van der Waals surface area contributed by atoms with Gasteiger partial charge in [0.15, 0.2) is 10.4 Å². The number of aromatic nitrogens is 2. The second kappa shape index (κ2) is 6.20. The van der Waals surface area contributed by atoms with Gasteiger partial charge >= 0.3 is 0 Å². The molecule has 0 radical (unpaired) electrons. The Bertz CT molecular complexity index is 842. The lowest BCUT2D eigenvalue weighted by Crippen LogP contribution is -2.40. The lowest BCUT2D eigenvalue weighted by atomic mass is 10.2. The molecule has 24 heavy (non-hydrogen) atoms. The molecule has 1 aliphatic carbocycles. The zero-order valence-corrected chi connectivity index (χ0v) is 14.8. The van der Waals surface area contributed by atoms with Crippen LogP contribution in [-0.2, 0) is 19.4 Å². The Balaban J connectivity index is 1.56. The molecular weight excluding hydrogens is 374 g/mol. The Hall–Kier alpha value is -1.89. The maximum Gasteiger partial charge on any atom is 0.289 e. The smallest absolute Gasteiger partial charge is 0.289 e. The first-order chi connectivity index (χ1) is 11.6. The summed E-state index contributed by atoms with van der Waals surface area (Å²) >= 11 is 3.22. The zero-order valence-electron chi connectivity index (χ0n) is 13.2. The summed E-state index contributed by atoms with van der Waals surface area (Å²) < 4.78 is 7.45. The molecule has 0 spiro atoms. The highest BCUT2D eigenvalue weighted by Crippen LogP contribution is 2.24. The van der Waals surface area contributed by atoms with Gasteiger partial charge in [0.2, 0.25) is 0 Å². The van der Waals surface area contributed by atoms with E-state index in [1.807, 2.05) is 0 Å². The number of hydrogen-bond acceptors (Lipinski definition) is 4. The molecule has 7 heteroatoms. The number of furan rings is 1. The maximum atomic E-state index is 12.6. The number of hydrogen-bond donors (Lipinski definition) is 0. The van der Waals surface area contributed by atoms with E-state index in [2.05, 4.69) is 21.0 Å². The zero-order chi connectivity index (χ0) is 16.7. The van der Waals surface area contributed by atoms with Gasteiger partial charge in [0, 0.05) is 12.6 Å². The van der Waals surface area contributed by atoms with Crippen molar-refractivity contribution in [3.05, 3.63) is 50.2 Å². The van der Waals surface area contributed by atoms with Gasteiger partial charge < -0.3 is 9.32 Å². The Morgan fingerprint density at radius 2 is 2.21 bits per heavy atom. The van der Waals surface area contributed by atoms with Crippen molar-refractivity contribution in [3.8, 4) is 0 Å². The quantitative estimate of drug-likeness (QED) is 0.805. The average Bonchev–Trinajstić information content (AvgIpc) is 3.28. The van der Waals surface area contributed by atoms with E-state index in [0.717, 1.165) is 43.4 Å². The fraction of sp³-hybridized carbons (Fsp3) is 0.471. The van der Waals surface area contributed by atoms with Crippen molar-refractivity contribution in [2.45, 2.75) is 44.7 Å². The highest BCUT2D eigenvalue weighted by Gasteiger charge is 2.32. The minimum Gasteiger partial charge on any atom is -0.444 e. The Morgan fingerprint density at radius 3 is 3.00 bits per heavy atom. The van der Waals surface area contributed by atoms with Crippen molar-refractivity contribution in [2.24, 2.45) is 0 Å². The van der Waals surface area contributed by atoms with Crippen LogP contribution >= 0.6 is 15.9 Å². The van der Waals surface area contributed by atoms with E-state index in [1.165, 1.54) is 4.68 Å². The molecular formula is C17H18BrN3O3. The summed E-state index contributed by atoms with van der Waals surface area (Å²) in [7, 11) is 0. The summed E-state index contributed by atoms with van der Waals surface area (Å²) in [4.78, 5) is 26.7. The molecule has 1 unspecified atom stereocenters. The first-order valence-electron chi connectivity index (χ1n) is 8.28. The lowest BCUT2D eigenvalue weighted by Gasteiger charge is -2.24. The van der Waals surface area contributed by atoms with Crippen LogP contribution in [-0.4, -0.2) is 33.2 Å². The number of likely N-dealkylation sites (tertiary alicyclic amines) is 1. The Morgan fingerprint density at radius 1 is 1.33 bits per heavy atom. The average molecular weight is 392 g/mol. The monoisotopic (exact) mass is 391 g/mol. The van der Waals surface area contributed by atoms with Crippen LogP contribution in [0.25, 0.3) is 0 Å². The number of rotatable bonds is 3. The van der Waals surface area contributed by atoms with Gasteiger partial charge in [0.05, 0.1) is 18.3 Å². The Kier molecular flexibility index (Phi) is 4.04. The van der Waals surface area contributed by atoms with Crippen molar-refractivity contribution in [1.29, 1.82) is 0 Å². The van der Waals surface area contributed by atoms with E-state index >= 15 is 0 Å². The van der Waals surface area contributed by atoms with Crippen molar-refractivity contribution in [1.82, 2.24) is 14.7 Å². The molecule has 0 aromatic carbocycles. The molecule has 3 heterocycles. The van der Waals surface area contributed by atoms with Crippen LogP contribution in [0, 0.1) is 0 Å². The second-order valence-electron chi connectivity index (χ2n) is 6.39. The summed E-state index contributed by atoms with van der Waals surface area (Å²) in [6, 6.07) is 5.07. The summed E-state index contributed by atoms with van der Waals surface area (Å²) in [5, 5.41) is 4.52. The molecule has 2 aromatic rings. The third-order valence-corrected chi connectivity index (χ3v) is 5.26. The molecule has 1 amide bonds. The molecule has 1 fully saturated rings. The molecule has 2 aliphatic rings. The molecule has 1 saturated heterocycles. The lowest BCUT2D eigenvalue weighted by molar-refractivity contribution is 0.0686. The van der Waals surface area contributed by atoms with E-state index in [0.29, 0.717) is 23.5 Å². The summed E-state index contributed by atoms with van der Waals surface area (Å²) in [5.74, 6) is 0.195. The fourth-order valence-corrected chi connectivity index (χ4v) is 3.94. The molecule has 1 aliphatic heterocycles. The van der Waals surface area contributed by atoms with Crippen LogP contribution in [0.15, 0.2) is 32.1 Å². The van der Waals surface area contributed by atoms with Crippen molar-refractivity contribution in [2.75, 3.05) is 6.54 Å². The fourth-order valence-electron chi connectivity index (χ4n) is 3.63. The third-order valence-electron chi connectivity index (χ3n) is 4.83. The molecule has 6 nitrogen and oxygen atoms in total. The molecule has 0 N–H and O–H groups in total. The summed E-state index contributed by atoms with van der Waals surface area (Å²) in [6.07, 6.45) is 4.74. The number of carbonyl (C=O) groups excluding carboxylic acids is 1. The highest BCUT2D eigenvalue weighted by molar-refractivity contribution is 9.10. The van der Waals surface area contributed by atoms with Gasteiger partial charge in [0.1, 0.15) is 0 Å². The van der Waals surface area contributed by atoms with Crippen molar-refractivity contribution >= 4 is 21.8 Å². The van der Waals surface area contributed by atoms with E-state index in [4.69, 9.17) is 4.42 Å². The van der Waals surface area contributed by atoms with Crippen LogP contribution in [0.2, 0.25) is 0 Å². The number of amides is 1. The van der Waals surface area contributed by atoms with Crippen LogP contribution in [0.5, 0.6) is 0 Å². The molecule has 126 valence electrons. The number of aryl methyl sites for hydroxylation is 2. The maximum absolute atomic E-state index is 12.6.